The number of imidazole rings is 1. The molecule has 2 N–H and O–H groups in total. The molecule has 1 aromatic heterocycles. The quantitative estimate of drug-likeness (QED) is 0.810. The lowest BCUT2D eigenvalue weighted by Gasteiger charge is -2.22. The van der Waals surface area contributed by atoms with Crippen molar-refractivity contribution < 1.29 is 13.2 Å². The molecule has 7 heteroatoms. The molecule has 2 atom stereocenters. The summed E-state index contributed by atoms with van der Waals surface area (Å²) < 4.78 is 23.2. The highest BCUT2D eigenvalue weighted by atomic mass is 32.2. The molecule has 126 valence electrons. The van der Waals surface area contributed by atoms with Gasteiger partial charge in [-0.1, -0.05) is 39.3 Å². The average Bonchev–Trinajstić information content (AvgIpc) is 2.95. The smallest absolute Gasteiger partial charge is 0.235 e. The van der Waals surface area contributed by atoms with E-state index in [0.717, 1.165) is 17.5 Å². The Bertz CT molecular complexity index is 750. The zero-order valence-corrected chi connectivity index (χ0v) is 14.5. The van der Waals surface area contributed by atoms with E-state index in [1.165, 1.54) is 6.92 Å². The van der Waals surface area contributed by atoms with E-state index in [1.54, 1.807) is 0 Å². The molecule has 0 spiro atoms. The molecule has 1 aromatic carbocycles. The van der Waals surface area contributed by atoms with Gasteiger partial charge in [0.2, 0.25) is 5.91 Å². The van der Waals surface area contributed by atoms with Crippen molar-refractivity contribution in [1.82, 2.24) is 15.3 Å². The van der Waals surface area contributed by atoms with E-state index in [4.69, 9.17) is 0 Å². The van der Waals surface area contributed by atoms with Crippen LogP contribution in [0.15, 0.2) is 24.3 Å². The number of hydrogen-bond acceptors (Lipinski definition) is 4. The Labute approximate surface area is 136 Å². The van der Waals surface area contributed by atoms with Crippen LogP contribution in [0.4, 0.5) is 0 Å². The maximum absolute atomic E-state index is 12.1. The summed E-state index contributed by atoms with van der Waals surface area (Å²) in [5, 5.41) is 2.82. The maximum Gasteiger partial charge on any atom is 0.235 e. The maximum atomic E-state index is 12.1. The van der Waals surface area contributed by atoms with Crippen LogP contribution in [0.2, 0.25) is 0 Å². The highest BCUT2D eigenvalue weighted by molar-refractivity contribution is 7.92. The van der Waals surface area contributed by atoms with Gasteiger partial charge in [-0.3, -0.25) is 4.79 Å². The van der Waals surface area contributed by atoms with Crippen molar-refractivity contribution in [3.05, 3.63) is 30.1 Å². The fourth-order valence-electron chi connectivity index (χ4n) is 2.35. The fourth-order valence-corrected chi connectivity index (χ4v) is 3.04. The van der Waals surface area contributed by atoms with E-state index in [-0.39, 0.29) is 17.7 Å². The topological polar surface area (TPSA) is 91.9 Å². The van der Waals surface area contributed by atoms with Crippen LogP contribution in [0.3, 0.4) is 0 Å². The molecule has 0 aliphatic rings. The van der Waals surface area contributed by atoms with E-state index < -0.39 is 21.5 Å². The number of aromatic nitrogens is 2. The van der Waals surface area contributed by atoms with Crippen molar-refractivity contribution in [2.45, 2.75) is 33.2 Å². The van der Waals surface area contributed by atoms with E-state index in [0.29, 0.717) is 5.82 Å². The first-order valence-corrected chi connectivity index (χ1v) is 9.62. The molecule has 1 amide bonds. The molecule has 0 radical (unpaired) electrons. The number of aromatic amines is 1. The van der Waals surface area contributed by atoms with Gasteiger partial charge < -0.3 is 10.3 Å². The van der Waals surface area contributed by atoms with E-state index in [9.17, 15) is 13.2 Å². The minimum Gasteiger partial charge on any atom is -0.345 e. The normalized spacial score (nSPS) is 14.6. The third-order valence-corrected chi connectivity index (χ3v) is 5.60. The van der Waals surface area contributed by atoms with Crippen molar-refractivity contribution in [2.24, 2.45) is 5.92 Å². The van der Waals surface area contributed by atoms with Gasteiger partial charge >= 0.3 is 0 Å². The number of sulfone groups is 1. The van der Waals surface area contributed by atoms with Crippen LogP contribution in [0, 0.1) is 5.92 Å². The summed E-state index contributed by atoms with van der Waals surface area (Å²) in [6.45, 7) is 5.57. The second-order valence-electron chi connectivity index (χ2n) is 5.75. The number of fused-ring (bicyclic) bond motifs is 1. The molecule has 0 saturated carbocycles. The van der Waals surface area contributed by atoms with Crippen LogP contribution in [-0.4, -0.2) is 35.8 Å². The molecule has 0 bridgehead atoms. The van der Waals surface area contributed by atoms with Crippen LogP contribution in [0.25, 0.3) is 11.0 Å². The second-order valence-corrected chi connectivity index (χ2v) is 8.10. The van der Waals surface area contributed by atoms with Crippen LogP contribution >= 0.6 is 0 Å². The number of H-pyrrole nitrogens is 1. The third-order valence-electron chi connectivity index (χ3n) is 4.02. The molecule has 23 heavy (non-hydrogen) atoms. The van der Waals surface area contributed by atoms with Gasteiger partial charge in [0, 0.05) is 5.75 Å². The Morgan fingerprint density at radius 3 is 2.61 bits per heavy atom. The summed E-state index contributed by atoms with van der Waals surface area (Å²) in [5.41, 5.74) is 1.72. The summed E-state index contributed by atoms with van der Waals surface area (Å²) in [5.74, 6) is -0.236. The van der Waals surface area contributed by atoms with Crippen LogP contribution in [0.5, 0.6) is 0 Å². The number of nitrogens with one attached hydrogen (secondary N) is 2. The summed E-state index contributed by atoms with van der Waals surface area (Å²) in [6.07, 6.45) is 0.836. The Morgan fingerprint density at radius 2 is 2.00 bits per heavy atom. The fraction of sp³-hybridized carbons (Fsp3) is 0.500. The number of amides is 1. The van der Waals surface area contributed by atoms with Crippen LogP contribution in [-0.2, 0) is 14.6 Å². The average molecular weight is 337 g/mol. The molecule has 2 aromatic rings. The molecule has 0 aliphatic carbocycles. The Morgan fingerprint density at radius 1 is 1.30 bits per heavy atom. The lowest BCUT2D eigenvalue weighted by molar-refractivity contribution is -0.119. The lowest BCUT2D eigenvalue weighted by Crippen LogP contribution is -2.37. The minimum absolute atomic E-state index is 0.0426. The summed E-state index contributed by atoms with van der Waals surface area (Å²) in [7, 11) is -3.35. The highest BCUT2D eigenvalue weighted by Crippen LogP contribution is 2.24. The zero-order chi connectivity index (χ0) is 17.0. The summed E-state index contributed by atoms with van der Waals surface area (Å²) in [4.78, 5) is 19.9. The lowest BCUT2D eigenvalue weighted by atomic mass is 9.98. The van der Waals surface area contributed by atoms with Gasteiger partial charge in [0.25, 0.3) is 0 Å². The predicted octanol–water partition coefficient (Wildman–Crippen LogP) is 2.20. The number of para-hydroxylation sites is 2. The molecule has 6 nitrogen and oxygen atoms in total. The predicted molar refractivity (Wildman–Crippen MR) is 90.8 cm³/mol. The Kier molecular flexibility index (Phi) is 5.41. The van der Waals surface area contributed by atoms with Gasteiger partial charge in [0.15, 0.2) is 9.84 Å². The number of rotatable bonds is 7. The van der Waals surface area contributed by atoms with Crippen LogP contribution in [0.1, 0.15) is 39.1 Å². The van der Waals surface area contributed by atoms with E-state index >= 15 is 0 Å². The standard InChI is InChI=1S/C16H23N3O3S/c1-4-11(3)15(19-14(20)10-23(21,22)5-2)16-17-12-8-6-7-9-13(12)18-16/h6-9,11,15H,4-5,10H2,1-3H3,(H,17,18)(H,19,20)/t11-,15+/m0/s1. The molecular weight excluding hydrogens is 314 g/mol. The third kappa shape index (κ3) is 4.31. The molecule has 0 unspecified atom stereocenters. The molecule has 1 heterocycles. The molecule has 0 fully saturated rings. The first-order valence-electron chi connectivity index (χ1n) is 7.80. The molecule has 0 aliphatic heterocycles. The zero-order valence-electron chi connectivity index (χ0n) is 13.7. The van der Waals surface area contributed by atoms with Gasteiger partial charge in [0.1, 0.15) is 11.6 Å². The van der Waals surface area contributed by atoms with Crippen molar-refractivity contribution in [1.29, 1.82) is 0 Å². The Balaban J connectivity index is 2.25. The number of carbonyl (C=O) groups is 1. The summed E-state index contributed by atoms with van der Waals surface area (Å²) in [6, 6.07) is 7.29. The number of benzene rings is 1. The highest BCUT2D eigenvalue weighted by Gasteiger charge is 2.25. The first-order chi connectivity index (χ1) is 10.9. The number of nitrogens with zero attached hydrogens (tertiary/aromatic N) is 1. The van der Waals surface area contributed by atoms with Gasteiger partial charge in [-0.15, -0.1) is 0 Å². The second kappa shape index (κ2) is 7.12. The monoisotopic (exact) mass is 337 g/mol. The Hall–Kier alpha value is -1.89. The van der Waals surface area contributed by atoms with Gasteiger partial charge in [-0.25, -0.2) is 13.4 Å². The van der Waals surface area contributed by atoms with Crippen LogP contribution < -0.4 is 5.32 Å². The van der Waals surface area contributed by atoms with Crippen molar-refractivity contribution >= 4 is 26.8 Å². The van der Waals surface area contributed by atoms with E-state index in [1.807, 2.05) is 38.1 Å². The van der Waals surface area contributed by atoms with Gasteiger partial charge in [0.05, 0.1) is 17.1 Å². The summed E-state index contributed by atoms with van der Waals surface area (Å²) >= 11 is 0. The number of hydrogen-bond donors (Lipinski definition) is 2. The SMILES string of the molecule is CC[C@H](C)[C@@H](NC(=O)CS(=O)(=O)CC)c1nc2ccccc2[nH]1. The largest absolute Gasteiger partial charge is 0.345 e. The molecular formula is C16H23N3O3S. The van der Waals surface area contributed by atoms with Crippen molar-refractivity contribution in [3.63, 3.8) is 0 Å². The minimum atomic E-state index is -3.35. The number of carbonyl (C=O) groups excluding carboxylic acids is 1. The molecule has 2 rings (SSSR count). The van der Waals surface area contributed by atoms with E-state index in [2.05, 4.69) is 15.3 Å². The van der Waals surface area contributed by atoms with Gasteiger partial charge in [-0.05, 0) is 18.1 Å². The van der Waals surface area contributed by atoms with Gasteiger partial charge in [-0.2, -0.15) is 0 Å². The van der Waals surface area contributed by atoms with Crippen molar-refractivity contribution in [2.75, 3.05) is 11.5 Å². The first kappa shape index (κ1) is 17.5. The van der Waals surface area contributed by atoms with Crippen molar-refractivity contribution in [3.8, 4) is 0 Å². The molecule has 0 saturated heterocycles.